The van der Waals surface area contributed by atoms with Crippen LogP contribution >= 0.6 is 23.2 Å². The molecule has 0 aliphatic carbocycles. The van der Waals surface area contributed by atoms with Crippen LogP contribution in [0, 0.1) is 0 Å². The lowest BCUT2D eigenvalue weighted by molar-refractivity contribution is 0.279. The zero-order valence-corrected chi connectivity index (χ0v) is 21.4. The van der Waals surface area contributed by atoms with Gasteiger partial charge in [-0.15, -0.1) is 0 Å². The first-order valence-electron chi connectivity index (χ1n) is 10.7. The summed E-state index contributed by atoms with van der Waals surface area (Å²) in [4.78, 5) is 0. The smallest absolute Gasteiger partial charge is 0.149 e. The lowest BCUT2D eigenvalue weighted by atomic mass is 9.88. The summed E-state index contributed by atoms with van der Waals surface area (Å²) in [6.07, 6.45) is 0. The molecule has 0 radical (unpaired) electrons. The highest BCUT2D eigenvalue weighted by atomic mass is 35.5. The Labute approximate surface area is 216 Å². The highest BCUT2D eigenvalue weighted by Gasteiger charge is 2.28. The van der Waals surface area contributed by atoms with Gasteiger partial charge in [-0.3, -0.25) is 0 Å². The van der Waals surface area contributed by atoms with E-state index in [0.29, 0.717) is 22.3 Å². The van der Waals surface area contributed by atoms with E-state index in [1.54, 1.807) is 12.1 Å². The predicted molar refractivity (Wildman–Crippen MR) is 138 cm³/mol. The molecule has 4 aromatic carbocycles. The van der Waals surface area contributed by atoms with Gasteiger partial charge < -0.3 is 39.4 Å². The van der Waals surface area contributed by atoms with Crippen LogP contribution in [-0.2, 0) is 13.2 Å². The van der Waals surface area contributed by atoms with E-state index < -0.39 is 13.2 Å². The van der Waals surface area contributed by atoms with E-state index in [1.165, 1.54) is 40.6 Å². The molecule has 0 heterocycles. The van der Waals surface area contributed by atoms with Gasteiger partial charge in [0.05, 0.1) is 62.5 Å². The molecule has 190 valence electrons. The Balaban J connectivity index is 2.26. The predicted octanol–water partition coefficient (Wildman–Crippen LogP) is 5.40. The number of hydrogen-bond donors (Lipinski definition) is 4. The number of aliphatic hydroxyl groups is 2. The van der Waals surface area contributed by atoms with Crippen molar-refractivity contribution in [2.24, 2.45) is 0 Å². The third-order valence-corrected chi connectivity index (χ3v) is 6.70. The van der Waals surface area contributed by atoms with Crippen molar-refractivity contribution >= 4 is 44.7 Å². The molecule has 0 aliphatic rings. The Hall–Kier alpha value is -3.30. The van der Waals surface area contributed by atoms with Crippen molar-refractivity contribution in [3.63, 3.8) is 0 Å². The van der Waals surface area contributed by atoms with Crippen LogP contribution in [0.25, 0.3) is 32.7 Å². The number of ether oxygens (including phenoxy) is 4. The number of rotatable bonds is 7. The number of aliphatic hydroxyl groups excluding tert-OH is 2. The first-order chi connectivity index (χ1) is 17.3. The average molecular weight is 535 g/mol. The van der Waals surface area contributed by atoms with E-state index in [4.69, 9.17) is 42.1 Å². The minimum absolute atomic E-state index is 0.0667. The van der Waals surface area contributed by atoms with E-state index in [1.807, 2.05) is 0 Å². The Bertz CT molecular complexity index is 1390. The summed E-state index contributed by atoms with van der Waals surface area (Å²) < 4.78 is 21.8. The number of benzene rings is 4. The van der Waals surface area contributed by atoms with Crippen LogP contribution in [-0.4, -0.2) is 48.9 Å². The zero-order valence-electron chi connectivity index (χ0n) is 19.9. The topological polar surface area (TPSA) is 118 Å². The van der Waals surface area contributed by atoms with Crippen LogP contribution in [0.1, 0.15) is 11.1 Å². The molecule has 0 saturated carbocycles. The SMILES string of the molecule is COc1cc(Cl)c(OC)c2c(O)c(-c3c(CO)cc4c(OC)cc(Cl)c(OC)c4c3O)c(CO)cc12. The van der Waals surface area contributed by atoms with E-state index in [9.17, 15) is 20.4 Å². The fraction of sp³-hybridized carbons (Fsp3) is 0.231. The first kappa shape index (κ1) is 25.8. The maximum atomic E-state index is 11.6. The van der Waals surface area contributed by atoms with Gasteiger partial charge >= 0.3 is 0 Å². The molecule has 0 amide bonds. The number of phenolic OH excluding ortho intramolecular Hbond substituents is 2. The molecule has 0 fully saturated rings. The van der Waals surface area contributed by atoms with Crippen molar-refractivity contribution < 1.29 is 39.4 Å². The number of halogens is 2. The van der Waals surface area contributed by atoms with Crippen LogP contribution in [0.4, 0.5) is 0 Å². The van der Waals surface area contributed by atoms with Crippen LogP contribution in [0.3, 0.4) is 0 Å². The molecule has 36 heavy (non-hydrogen) atoms. The minimum atomic E-state index is -0.509. The molecular formula is C26H24Cl2O8. The highest BCUT2D eigenvalue weighted by Crippen LogP contribution is 2.54. The molecule has 0 saturated heterocycles. The summed E-state index contributed by atoms with van der Waals surface area (Å²) in [6.45, 7) is -1.02. The third-order valence-electron chi connectivity index (χ3n) is 6.14. The van der Waals surface area contributed by atoms with E-state index in [2.05, 4.69) is 0 Å². The van der Waals surface area contributed by atoms with Gasteiger partial charge in [0.1, 0.15) is 34.5 Å². The second-order valence-electron chi connectivity index (χ2n) is 7.87. The van der Waals surface area contributed by atoms with Gasteiger partial charge in [-0.25, -0.2) is 0 Å². The number of aromatic hydroxyl groups is 2. The van der Waals surface area contributed by atoms with Gasteiger partial charge in [-0.2, -0.15) is 0 Å². The molecule has 10 heteroatoms. The largest absolute Gasteiger partial charge is 0.506 e. The summed E-state index contributed by atoms with van der Waals surface area (Å²) in [7, 11) is 5.70. The zero-order chi connectivity index (χ0) is 26.3. The molecule has 0 unspecified atom stereocenters. The van der Waals surface area contributed by atoms with Crippen LogP contribution < -0.4 is 18.9 Å². The van der Waals surface area contributed by atoms with Gasteiger partial charge in [-0.05, 0) is 23.3 Å². The van der Waals surface area contributed by atoms with E-state index in [0.717, 1.165) is 0 Å². The maximum absolute atomic E-state index is 11.6. The quantitative estimate of drug-likeness (QED) is 0.249. The van der Waals surface area contributed by atoms with Crippen LogP contribution in [0.15, 0.2) is 24.3 Å². The van der Waals surface area contributed by atoms with Crippen molar-refractivity contribution in [1.29, 1.82) is 0 Å². The molecular weight excluding hydrogens is 511 g/mol. The molecule has 4 N–H and O–H groups in total. The normalized spacial score (nSPS) is 11.2. The fourth-order valence-electron chi connectivity index (χ4n) is 4.59. The van der Waals surface area contributed by atoms with Gasteiger partial charge in [-0.1, -0.05) is 23.2 Å². The molecule has 8 nitrogen and oxygen atoms in total. The van der Waals surface area contributed by atoms with Crippen molar-refractivity contribution in [2.75, 3.05) is 28.4 Å². The summed E-state index contributed by atoms with van der Waals surface area (Å²) in [5, 5.41) is 45.4. The highest BCUT2D eigenvalue weighted by molar-refractivity contribution is 6.34. The standard InChI is InChI=1S/C26H24Cl2O8/c1-33-17-7-15(27)25(35-3)21-13(17)5-11(9-29)19(23(21)31)20-12(10-30)6-14-18(34-2)8-16(28)26(36-4)22(14)24(20)32/h5-8,29-32H,9-10H2,1-4H3. The minimum Gasteiger partial charge on any atom is -0.506 e. The molecule has 0 spiro atoms. The average Bonchev–Trinajstić information content (AvgIpc) is 2.88. The van der Waals surface area contributed by atoms with Crippen molar-refractivity contribution in [3.05, 3.63) is 45.4 Å². The molecule has 0 atom stereocenters. The lowest BCUT2D eigenvalue weighted by Crippen LogP contribution is -2.01. The molecule has 4 aromatic rings. The van der Waals surface area contributed by atoms with Crippen molar-refractivity contribution in [2.45, 2.75) is 13.2 Å². The molecule has 0 aromatic heterocycles. The van der Waals surface area contributed by atoms with E-state index >= 15 is 0 Å². The second-order valence-corrected chi connectivity index (χ2v) is 8.68. The van der Waals surface area contributed by atoms with Gasteiger partial charge in [0.15, 0.2) is 0 Å². The third kappa shape index (κ3) is 3.77. The summed E-state index contributed by atoms with van der Waals surface area (Å²) >= 11 is 12.8. The summed E-state index contributed by atoms with van der Waals surface area (Å²) in [5.74, 6) is 0.344. The molecule has 0 bridgehead atoms. The number of phenols is 2. The van der Waals surface area contributed by atoms with Crippen molar-refractivity contribution in [3.8, 4) is 45.6 Å². The monoisotopic (exact) mass is 534 g/mol. The summed E-state index contributed by atoms with van der Waals surface area (Å²) in [6, 6.07) is 6.27. The summed E-state index contributed by atoms with van der Waals surface area (Å²) in [5.41, 5.74) is 0.633. The molecule has 4 rings (SSSR count). The Morgan fingerprint density at radius 2 is 0.972 bits per heavy atom. The maximum Gasteiger partial charge on any atom is 0.149 e. The Kier molecular flexibility index (Phi) is 7.15. The van der Waals surface area contributed by atoms with Gasteiger partial charge in [0, 0.05) is 34.0 Å². The number of hydrogen-bond acceptors (Lipinski definition) is 8. The Morgan fingerprint density at radius 1 is 0.611 bits per heavy atom. The first-order valence-corrected chi connectivity index (χ1v) is 11.4. The van der Waals surface area contributed by atoms with Crippen LogP contribution in [0.2, 0.25) is 10.0 Å². The van der Waals surface area contributed by atoms with Gasteiger partial charge in [0.25, 0.3) is 0 Å². The van der Waals surface area contributed by atoms with Crippen LogP contribution in [0.5, 0.6) is 34.5 Å². The molecule has 0 aliphatic heterocycles. The second kappa shape index (κ2) is 9.99. The van der Waals surface area contributed by atoms with Crippen molar-refractivity contribution in [1.82, 2.24) is 0 Å². The van der Waals surface area contributed by atoms with Gasteiger partial charge in [0.2, 0.25) is 0 Å². The lowest BCUT2D eigenvalue weighted by Gasteiger charge is -2.22. The number of methoxy groups -OCH3 is 4. The fourth-order valence-corrected chi connectivity index (χ4v) is 5.14. The Morgan fingerprint density at radius 3 is 1.25 bits per heavy atom. The van der Waals surface area contributed by atoms with E-state index in [-0.39, 0.29) is 66.1 Å². The number of fused-ring (bicyclic) bond motifs is 2.